The average Bonchev–Trinajstić information content (AvgIpc) is 2.06. The van der Waals surface area contributed by atoms with Crippen LogP contribution >= 0.6 is 11.6 Å². The number of benzene rings is 1. The van der Waals surface area contributed by atoms with Crippen LogP contribution in [0, 0.1) is 6.92 Å². The zero-order valence-corrected chi connectivity index (χ0v) is 8.21. The van der Waals surface area contributed by atoms with E-state index in [-0.39, 0.29) is 17.1 Å². The molecule has 14 heavy (non-hydrogen) atoms. The Balaban J connectivity index is 3.29. The normalized spacial score (nSPS) is 11.9. The quantitative estimate of drug-likeness (QED) is 0.778. The van der Waals surface area contributed by atoms with E-state index in [0.29, 0.717) is 5.56 Å². The van der Waals surface area contributed by atoms with Crippen molar-refractivity contribution in [1.82, 2.24) is 0 Å². The molecule has 0 saturated heterocycles. The molecule has 5 heteroatoms. The minimum absolute atomic E-state index is 0.0606. The molecule has 0 aliphatic rings. The van der Waals surface area contributed by atoms with Crippen LogP contribution in [0.5, 0.6) is 0 Å². The third-order valence-corrected chi connectivity index (χ3v) is 2.27. The molecule has 0 radical (unpaired) electrons. The molecular formula is C9H9ClF3N. The van der Waals surface area contributed by atoms with Crippen LogP contribution in [0.4, 0.5) is 13.2 Å². The van der Waals surface area contributed by atoms with Gasteiger partial charge < -0.3 is 5.73 Å². The molecule has 0 aliphatic heterocycles. The van der Waals surface area contributed by atoms with E-state index in [1.165, 1.54) is 13.0 Å². The first-order valence-corrected chi connectivity index (χ1v) is 4.30. The first-order valence-electron chi connectivity index (χ1n) is 3.92. The Morgan fingerprint density at radius 1 is 1.36 bits per heavy atom. The molecule has 0 spiro atoms. The number of nitrogens with two attached hydrogens (primary N) is 1. The number of hydrogen-bond acceptors (Lipinski definition) is 1. The van der Waals surface area contributed by atoms with Crippen molar-refractivity contribution in [1.29, 1.82) is 0 Å². The average molecular weight is 224 g/mol. The lowest BCUT2D eigenvalue weighted by molar-refractivity contribution is -0.138. The summed E-state index contributed by atoms with van der Waals surface area (Å²) >= 11 is 5.63. The summed E-state index contributed by atoms with van der Waals surface area (Å²) in [5, 5.41) is 0.0606. The van der Waals surface area contributed by atoms with Crippen LogP contribution in [0.1, 0.15) is 16.7 Å². The molecule has 0 bridgehead atoms. The zero-order valence-electron chi connectivity index (χ0n) is 7.45. The van der Waals surface area contributed by atoms with E-state index < -0.39 is 11.7 Å². The Labute approximate surface area is 84.7 Å². The zero-order chi connectivity index (χ0) is 10.9. The van der Waals surface area contributed by atoms with Gasteiger partial charge in [-0.15, -0.1) is 0 Å². The first-order chi connectivity index (χ1) is 6.36. The van der Waals surface area contributed by atoms with Crippen molar-refractivity contribution in [3.8, 4) is 0 Å². The number of hydrogen-bond donors (Lipinski definition) is 1. The van der Waals surface area contributed by atoms with Crippen molar-refractivity contribution in [3.63, 3.8) is 0 Å². The van der Waals surface area contributed by atoms with E-state index in [2.05, 4.69) is 0 Å². The Bertz CT molecular complexity index is 347. The minimum Gasteiger partial charge on any atom is -0.326 e. The molecule has 0 heterocycles. The maximum Gasteiger partial charge on any atom is 0.416 e. The van der Waals surface area contributed by atoms with E-state index in [0.717, 1.165) is 6.07 Å². The van der Waals surface area contributed by atoms with Gasteiger partial charge >= 0.3 is 6.18 Å². The lowest BCUT2D eigenvalue weighted by Gasteiger charge is -2.12. The van der Waals surface area contributed by atoms with E-state index in [1.807, 2.05) is 0 Å². The Hall–Kier alpha value is -0.740. The lowest BCUT2D eigenvalue weighted by Crippen LogP contribution is -2.09. The highest BCUT2D eigenvalue weighted by atomic mass is 35.5. The predicted octanol–water partition coefficient (Wildman–Crippen LogP) is 3.13. The number of rotatable bonds is 1. The maximum atomic E-state index is 12.4. The standard InChI is InChI=1S/C9H9ClF3N/c1-5-2-6(4-14)8(10)3-7(5)9(11,12)13/h2-3H,4,14H2,1H3. The molecule has 0 fully saturated rings. The highest BCUT2D eigenvalue weighted by Crippen LogP contribution is 2.34. The second kappa shape index (κ2) is 3.79. The van der Waals surface area contributed by atoms with E-state index in [9.17, 15) is 13.2 Å². The first kappa shape index (κ1) is 11.3. The summed E-state index contributed by atoms with van der Waals surface area (Å²) in [6.45, 7) is 1.52. The van der Waals surface area contributed by atoms with Crippen LogP contribution in [0.2, 0.25) is 5.02 Å². The van der Waals surface area contributed by atoms with Gasteiger partial charge in [0.25, 0.3) is 0 Å². The van der Waals surface area contributed by atoms with E-state index in [1.54, 1.807) is 0 Å². The molecular weight excluding hydrogens is 215 g/mol. The van der Waals surface area contributed by atoms with Crippen molar-refractivity contribution in [3.05, 3.63) is 33.8 Å². The molecule has 78 valence electrons. The van der Waals surface area contributed by atoms with E-state index >= 15 is 0 Å². The van der Waals surface area contributed by atoms with Crippen LogP contribution in [0.3, 0.4) is 0 Å². The van der Waals surface area contributed by atoms with Gasteiger partial charge in [0.15, 0.2) is 0 Å². The van der Waals surface area contributed by atoms with Gasteiger partial charge in [0.1, 0.15) is 0 Å². The van der Waals surface area contributed by atoms with Crippen LogP contribution in [-0.4, -0.2) is 0 Å². The van der Waals surface area contributed by atoms with Crippen molar-refractivity contribution < 1.29 is 13.2 Å². The van der Waals surface area contributed by atoms with E-state index in [4.69, 9.17) is 17.3 Å². The summed E-state index contributed by atoms with van der Waals surface area (Å²) in [4.78, 5) is 0. The number of aryl methyl sites for hydroxylation is 1. The van der Waals surface area contributed by atoms with Crippen LogP contribution in [-0.2, 0) is 12.7 Å². The Morgan fingerprint density at radius 3 is 2.36 bits per heavy atom. The molecule has 0 atom stereocenters. The Morgan fingerprint density at radius 2 is 1.93 bits per heavy atom. The monoisotopic (exact) mass is 223 g/mol. The fourth-order valence-corrected chi connectivity index (χ4v) is 1.44. The molecule has 0 amide bonds. The topological polar surface area (TPSA) is 26.0 Å². The van der Waals surface area contributed by atoms with Gasteiger partial charge in [0, 0.05) is 11.6 Å². The van der Waals surface area contributed by atoms with Crippen LogP contribution in [0.15, 0.2) is 12.1 Å². The molecule has 2 N–H and O–H groups in total. The van der Waals surface area contributed by atoms with Crippen molar-refractivity contribution in [2.75, 3.05) is 0 Å². The van der Waals surface area contributed by atoms with Crippen molar-refractivity contribution >= 4 is 11.6 Å². The summed E-state index contributed by atoms with van der Waals surface area (Å²) in [6, 6.07) is 2.28. The molecule has 1 aromatic carbocycles. The SMILES string of the molecule is Cc1cc(CN)c(Cl)cc1C(F)(F)F. The molecule has 1 nitrogen and oxygen atoms in total. The lowest BCUT2D eigenvalue weighted by atomic mass is 10.0. The summed E-state index contributed by atoms with van der Waals surface area (Å²) in [7, 11) is 0. The third kappa shape index (κ3) is 2.19. The van der Waals surface area contributed by atoms with Crippen molar-refractivity contribution in [2.45, 2.75) is 19.6 Å². The fraction of sp³-hybridized carbons (Fsp3) is 0.333. The van der Waals surface area contributed by atoms with Crippen LogP contribution in [0.25, 0.3) is 0 Å². The predicted molar refractivity (Wildman–Crippen MR) is 49.1 cm³/mol. The maximum absolute atomic E-state index is 12.4. The van der Waals surface area contributed by atoms with Gasteiger partial charge in [-0.2, -0.15) is 13.2 Å². The second-order valence-corrected chi connectivity index (χ2v) is 3.37. The van der Waals surface area contributed by atoms with Gasteiger partial charge in [0.2, 0.25) is 0 Å². The molecule has 0 unspecified atom stereocenters. The van der Waals surface area contributed by atoms with Crippen LogP contribution < -0.4 is 5.73 Å². The van der Waals surface area contributed by atoms with Gasteiger partial charge in [-0.1, -0.05) is 17.7 Å². The summed E-state index contributed by atoms with van der Waals surface area (Å²) in [5.74, 6) is 0. The Kier molecular flexibility index (Phi) is 3.07. The molecule has 1 rings (SSSR count). The number of halogens is 4. The summed E-state index contributed by atoms with van der Waals surface area (Å²) < 4.78 is 37.1. The summed E-state index contributed by atoms with van der Waals surface area (Å²) in [5.41, 5.74) is 5.27. The summed E-state index contributed by atoms with van der Waals surface area (Å²) in [6.07, 6.45) is -4.36. The van der Waals surface area contributed by atoms with Gasteiger partial charge in [0.05, 0.1) is 5.56 Å². The third-order valence-electron chi connectivity index (χ3n) is 1.92. The number of alkyl halides is 3. The largest absolute Gasteiger partial charge is 0.416 e. The van der Waals surface area contributed by atoms with Gasteiger partial charge in [-0.25, -0.2) is 0 Å². The molecule has 0 aromatic heterocycles. The molecule has 0 aliphatic carbocycles. The highest BCUT2D eigenvalue weighted by molar-refractivity contribution is 6.31. The molecule has 0 saturated carbocycles. The fourth-order valence-electron chi connectivity index (χ4n) is 1.20. The second-order valence-electron chi connectivity index (χ2n) is 2.96. The smallest absolute Gasteiger partial charge is 0.326 e. The minimum atomic E-state index is -4.36. The van der Waals surface area contributed by atoms with Gasteiger partial charge in [-0.05, 0) is 24.1 Å². The molecule has 1 aromatic rings. The van der Waals surface area contributed by atoms with Gasteiger partial charge in [-0.3, -0.25) is 0 Å². The van der Waals surface area contributed by atoms with Crippen molar-refractivity contribution in [2.24, 2.45) is 5.73 Å². The highest BCUT2D eigenvalue weighted by Gasteiger charge is 2.32.